The molecule has 0 aliphatic rings. The molecule has 5 heteroatoms. The van der Waals surface area contributed by atoms with Crippen molar-refractivity contribution in [2.24, 2.45) is 0 Å². The van der Waals surface area contributed by atoms with Crippen LogP contribution in [0, 0.1) is 0 Å². The van der Waals surface area contributed by atoms with E-state index < -0.39 is 5.43 Å². The van der Waals surface area contributed by atoms with Gasteiger partial charge in [-0.05, 0) is 18.2 Å². The lowest BCUT2D eigenvalue weighted by molar-refractivity contribution is 0.223. The number of hydrogen-bond donors (Lipinski definition) is 0. The zero-order chi connectivity index (χ0) is 9.84. The summed E-state index contributed by atoms with van der Waals surface area (Å²) >= 11 is 8.29. The topological polar surface area (TPSA) is 35.5 Å². The summed E-state index contributed by atoms with van der Waals surface area (Å²) < 4.78 is 10.4. The molecule has 3 nitrogen and oxygen atoms in total. The van der Waals surface area contributed by atoms with Crippen molar-refractivity contribution in [3.8, 4) is 11.5 Å². The maximum absolute atomic E-state index is 10.5. The van der Waals surface area contributed by atoms with Gasteiger partial charge in [0.15, 0.2) is 11.5 Å². The first-order chi connectivity index (χ1) is 6.13. The molecule has 1 rings (SSSR count). The highest BCUT2D eigenvalue weighted by Gasteiger charge is 2.07. The van der Waals surface area contributed by atoms with Gasteiger partial charge in [0.25, 0.3) is 0 Å². The summed E-state index contributed by atoms with van der Waals surface area (Å²) in [6.07, 6.45) is 0. The standard InChI is InChI=1S/C8H6BrClO3/c1-12-6-3-2-5(9)4-7(6)13-8(10)11/h2-4H,1H3. The molecule has 0 spiro atoms. The van der Waals surface area contributed by atoms with Crippen molar-refractivity contribution in [2.45, 2.75) is 0 Å². The zero-order valence-electron chi connectivity index (χ0n) is 6.71. The van der Waals surface area contributed by atoms with Gasteiger partial charge < -0.3 is 9.47 Å². The summed E-state index contributed by atoms with van der Waals surface area (Å²) in [7, 11) is 1.48. The van der Waals surface area contributed by atoms with Gasteiger partial charge in [-0.25, -0.2) is 4.79 Å². The van der Waals surface area contributed by atoms with Gasteiger partial charge in [-0.3, -0.25) is 0 Å². The SMILES string of the molecule is COc1ccc(Br)cc1OC(=O)Cl. The van der Waals surface area contributed by atoms with Gasteiger partial charge in [-0.1, -0.05) is 15.9 Å². The fourth-order valence-corrected chi connectivity index (χ4v) is 1.24. The third-order valence-corrected chi connectivity index (χ3v) is 1.89. The van der Waals surface area contributed by atoms with Crippen molar-refractivity contribution < 1.29 is 14.3 Å². The minimum atomic E-state index is -0.892. The molecule has 0 N–H and O–H groups in total. The second-order valence-corrected chi connectivity index (χ2v) is 3.36. The largest absolute Gasteiger partial charge is 0.493 e. The molecule has 1 aromatic carbocycles. The molecule has 0 bridgehead atoms. The smallest absolute Gasteiger partial charge is 0.409 e. The maximum Gasteiger partial charge on any atom is 0.409 e. The van der Waals surface area contributed by atoms with Gasteiger partial charge in [0.2, 0.25) is 0 Å². The number of methoxy groups -OCH3 is 1. The average molecular weight is 265 g/mol. The van der Waals surface area contributed by atoms with Crippen LogP contribution < -0.4 is 9.47 Å². The Morgan fingerprint density at radius 3 is 2.69 bits per heavy atom. The van der Waals surface area contributed by atoms with Gasteiger partial charge in [0.05, 0.1) is 7.11 Å². The Balaban J connectivity index is 3.01. The molecule has 0 unspecified atom stereocenters. The van der Waals surface area contributed by atoms with Crippen LogP contribution >= 0.6 is 27.5 Å². The van der Waals surface area contributed by atoms with E-state index in [2.05, 4.69) is 20.7 Å². The number of carbonyl (C=O) groups is 1. The highest BCUT2D eigenvalue weighted by Crippen LogP contribution is 2.30. The summed E-state index contributed by atoms with van der Waals surface area (Å²) in [6, 6.07) is 5.03. The number of carbonyl (C=O) groups excluding carboxylic acids is 1. The minimum Gasteiger partial charge on any atom is -0.493 e. The lowest BCUT2D eigenvalue weighted by atomic mass is 10.3. The molecule has 1 aromatic rings. The molecule has 70 valence electrons. The first-order valence-corrected chi connectivity index (χ1v) is 4.51. The lowest BCUT2D eigenvalue weighted by Crippen LogP contribution is -1.98. The van der Waals surface area contributed by atoms with Gasteiger partial charge in [-0.15, -0.1) is 0 Å². The Labute approximate surface area is 88.7 Å². The van der Waals surface area contributed by atoms with Crippen LogP contribution in [0.1, 0.15) is 0 Å². The molecule has 0 heterocycles. The average Bonchev–Trinajstić information content (AvgIpc) is 2.03. The predicted octanol–water partition coefficient (Wildman–Crippen LogP) is 3.20. The molecular weight excluding hydrogens is 259 g/mol. The first-order valence-electron chi connectivity index (χ1n) is 3.34. The first kappa shape index (κ1) is 10.3. The van der Waals surface area contributed by atoms with E-state index in [1.54, 1.807) is 18.2 Å². The van der Waals surface area contributed by atoms with Crippen LogP contribution in [-0.4, -0.2) is 12.5 Å². The molecular formula is C8H6BrClO3. The van der Waals surface area contributed by atoms with E-state index >= 15 is 0 Å². The van der Waals surface area contributed by atoms with Gasteiger partial charge in [-0.2, -0.15) is 0 Å². The number of halogens is 2. The van der Waals surface area contributed by atoms with Crippen molar-refractivity contribution in [3.63, 3.8) is 0 Å². The number of rotatable bonds is 2. The normalized spacial score (nSPS) is 9.46. The quantitative estimate of drug-likeness (QED) is 0.770. The summed E-state index contributed by atoms with van der Waals surface area (Å²) in [5.41, 5.74) is -0.892. The Kier molecular flexibility index (Phi) is 3.57. The van der Waals surface area contributed by atoms with Crippen molar-refractivity contribution in [2.75, 3.05) is 7.11 Å². The molecule has 0 atom stereocenters. The van der Waals surface area contributed by atoms with Crippen LogP contribution in [0.4, 0.5) is 4.79 Å². The highest BCUT2D eigenvalue weighted by molar-refractivity contribution is 9.10. The third kappa shape index (κ3) is 2.90. The Morgan fingerprint density at radius 2 is 2.15 bits per heavy atom. The van der Waals surface area contributed by atoms with E-state index in [1.165, 1.54) is 7.11 Å². The number of hydrogen-bond acceptors (Lipinski definition) is 3. The van der Waals surface area contributed by atoms with E-state index in [9.17, 15) is 4.79 Å². The van der Waals surface area contributed by atoms with Crippen LogP contribution in [0.3, 0.4) is 0 Å². The van der Waals surface area contributed by atoms with Crippen LogP contribution in [0.15, 0.2) is 22.7 Å². The Morgan fingerprint density at radius 1 is 1.46 bits per heavy atom. The molecule has 0 radical (unpaired) electrons. The van der Waals surface area contributed by atoms with Crippen LogP contribution in [0.5, 0.6) is 11.5 Å². The molecule has 0 saturated carbocycles. The summed E-state index contributed by atoms with van der Waals surface area (Å²) in [5.74, 6) is 0.745. The number of ether oxygens (including phenoxy) is 2. The van der Waals surface area contributed by atoms with E-state index in [0.29, 0.717) is 5.75 Å². The van der Waals surface area contributed by atoms with E-state index in [0.717, 1.165) is 4.47 Å². The monoisotopic (exact) mass is 264 g/mol. The minimum absolute atomic E-state index is 0.289. The summed E-state index contributed by atoms with van der Waals surface area (Å²) in [6.45, 7) is 0. The van der Waals surface area contributed by atoms with Crippen molar-refractivity contribution in [1.82, 2.24) is 0 Å². The molecule has 0 aliphatic heterocycles. The highest BCUT2D eigenvalue weighted by atomic mass is 79.9. The van der Waals surface area contributed by atoms with Crippen molar-refractivity contribution >= 4 is 33.0 Å². The van der Waals surface area contributed by atoms with Crippen LogP contribution in [-0.2, 0) is 0 Å². The summed E-state index contributed by atoms with van der Waals surface area (Å²) in [5, 5.41) is 0. The van der Waals surface area contributed by atoms with Gasteiger partial charge >= 0.3 is 5.43 Å². The molecule has 0 aliphatic carbocycles. The van der Waals surface area contributed by atoms with Crippen LogP contribution in [0.25, 0.3) is 0 Å². The predicted molar refractivity (Wildman–Crippen MR) is 52.6 cm³/mol. The second-order valence-electron chi connectivity index (χ2n) is 2.13. The maximum atomic E-state index is 10.5. The van der Waals surface area contributed by atoms with E-state index in [1.807, 2.05) is 0 Å². The molecule has 13 heavy (non-hydrogen) atoms. The zero-order valence-corrected chi connectivity index (χ0v) is 9.05. The van der Waals surface area contributed by atoms with Gasteiger partial charge in [0.1, 0.15) is 0 Å². The van der Waals surface area contributed by atoms with Crippen LogP contribution in [0.2, 0.25) is 0 Å². The third-order valence-electron chi connectivity index (χ3n) is 1.32. The summed E-state index contributed by atoms with van der Waals surface area (Å²) in [4.78, 5) is 10.5. The molecule has 0 saturated heterocycles. The molecule has 0 amide bonds. The van der Waals surface area contributed by atoms with Crippen molar-refractivity contribution in [1.29, 1.82) is 0 Å². The van der Waals surface area contributed by atoms with E-state index in [4.69, 9.17) is 16.3 Å². The Hall–Kier alpha value is -0.740. The fourth-order valence-electron chi connectivity index (χ4n) is 0.817. The van der Waals surface area contributed by atoms with E-state index in [-0.39, 0.29) is 5.75 Å². The lowest BCUT2D eigenvalue weighted by Gasteiger charge is -2.06. The molecule has 0 fully saturated rings. The van der Waals surface area contributed by atoms with Crippen molar-refractivity contribution in [3.05, 3.63) is 22.7 Å². The number of benzene rings is 1. The fraction of sp³-hybridized carbons (Fsp3) is 0.125. The second kappa shape index (κ2) is 4.48. The Bertz CT molecular complexity index is 327. The molecule has 0 aromatic heterocycles. The van der Waals surface area contributed by atoms with Gasteiger partial charge in [0, 0.05) is 16.1 Å².